The lowest BCUT2D eigenvalue weighted by molar-refractivity contribution is 0.129. The van der Waals surface area contributed by atoms with Crippen LogP contribution in [-0.2, 0) is 21.2 Å². The van der Waals surface area contributed by atoms with E-state index in [0.29, 0.717) is 0 Å². The van der Waals surface area contributed by atoms with E-state index in [0.717, 1.165) is 11.8 Å². The molecular weight excluding hydrogens is 282 g/mol. The number of aliphatic hydroxyl groups is 1. The summed E-state index contributed by atoms with van der Waals surface area (Å²) >= 11 is 0. The van der Waals surface area contributed by atoms with Crippen molar-refractivity contribution in [1.82, 2.24) is 5.32 Å². The Morgan fingerprint density at radius 1 is 1.35 bits per heavy atom. The number of amides is 1. The van der Waals surface area contributed by atoms with Crippen molar-refractivity contribution in [1.29, 1.82) is 0 Å². The van der Waals surface area contributed by atoms with Crippen LogP contribution in [0.3, 0.4) is 0 Å². The van der Waals surface area contributed by atoms with Gasteiger partial charge in [-0.3, -0.25) is 0 Å². The molecule has 0 radical (unpaired) electrons. The maximum atomic E-state index is 11.5. The third-order valence-corrected chi connectivity index (χ3v) is 3.57. The van der Waals surface area contributed by atoms with Crippen molar-refractivity contribution in [3.63, 3.8) is 0 Å². The molecule has 0 fully saturated rings. The summed E-state index contributed by atoms with van der Waals surface area (Å²) in [5, 5.41) is 11.5. The fourth-order valence-corrected chi connectivity index (χ4v) is 2.21. The molecule has 1 aromatic rings. The van der Waals surface area contributed by atoms with Gasteiger partial charge in [-0.25, -0.2) is 13.2 Å². The van der Waals surface area contributed by atoms with Crippen LogP contribution in [-0.4, -0.2) is 44.3 Å². The summed E-state index contributed by atoms with van der Waals surface area (Å²) in [7, 11) is -3.12. The van der Waals surface area contributed by atoms with Gasteiger partial charge in [0.15, 0.2) is 0 Å². The van der Waals surface area contributed by atoms with Gasteiger partial charge in [0, 0.05) is 6.26 Å². The summed E-state index contributed by atoms with van der Waals surface area (Å²) in [5.74, 6) is -0.100. The Kier molecular flexibility index (Phi) is 6.47. The van der Waals surface area contributed by atoms with E-state index >= 15 is 0 Å². The number of carbonyl (C=O) groups excluding carboxylic acids is 1. The molecule has 20 heavy (non-hydrogen) atoms. The number of nitrogens with one attached hydrogen (secondary N) is 1. The fraction of sp³-hybridized carbons (Fsp3) is 0.462. The van der Waals surface area contributed by atoms with E-state index < -0.39 is 22.0 Å². The average molecular weight is 301 g/mol. The second-order valence-corrected chi connectivity index (χ2v) is 6.76. The van der Waals surface area contributed by atoms with Crippen LogP contribution in [0.2, 0.25) is 0 Å². The first-order valence-corrected chi connectivity index (χ1v) is 8.22. The van der Waals surface area contributed by atoms with E-state index in [1.54, 1.807) is 0 Å². The third kappa shape index (κ3) is 7.10. The summed E-state index contributed by atoms with van der Waals surface area (Å²) in [6.07, 6.45) is 0.576. The number of ether oxygens (including phenoxy) is 1. The first-order valence-electron chi connectivity index (χ1n) is 6.16. The van der Waals surface area contributed by atoms with Crippen LogP contribution in [0.15, 0.2) is 30.3 Å². The van der Waals surface area contributed by atoms with Crippen LogP contribution in [0.25, 0.3) is 0 Å². The highest BCUT2D eigenvalue weighted by Crippen LogP contribution is 2.02. The molecule has 7 heteroatoms. The Labute approximate surface area is 118 Å². The number of aliphatic hydroxyl groups excluding tert-OH is 1. The Morgan fingerprint density at radius 2 is 2.00 bits per heavy atom. The molecule has 1 atom stereocenters. The van der Waals surface area contributed by atoms with Gasteiger partial charge in [-0.15, -0.1) is 0 Å². The predicted molar refractivity (Wildman–Crippen MR) is 75.0 cm³/mol. The lowest BCUT2D eigenvalue weighted by Crippen LogP contribution is -2.39. The topological polar surface area (TPSA) is 92.7 Å². The molecular formula is C13H19NO5S. The summed E-state index contributed by atoms with van der Waals surface area (Å²) < 4.78 is 27.0. The Balaban J connectivity index is 2.36. The lowest BCUT2D eigenvalue weighted by atomic mass is 10.2. The van der Waals surface area contributed by atoms with E-state index in [2.05, 4.69) is 5.32 Å². The minimum absolute atomic E-state index is 0.100. The Morgan fingerprint density at radius 3 is 2.55 bits per heavy atom. The van der Waals surface area contributed by atoms with Gasteiger partial charge in [0.25, 0.3) is 0 Å². The first-order chi connectivity index (χ1) is 9.40. The highest BCUT2D eigenvalue weighted by molar-refractivity contribution is 7.90. The normalized spacial score (nSPS) is 12.7. The summed E-state index contributed by atoms with van der Waals surface area (Å²) in [6, 6.07) is 8.53. The molecule has 0 saturated carbocycles. The van der Waals surface area contributed by atoms with Crippen LogP contribution < -0.4 is 5.32 Å². The van der Waals surface area contributed by atoms with E-state index in [-0.39, 0.29) is 25.4 Å². The van der Waals surface area contributed by atoms with Crippen molar-refractivity contribution in [3.8, 4) is 0 Å². The summed E-state index contributed by atoms with van der Waals surface area (Å²) in [5.41, 5.74) is 0.847. The van der Waals surface area contributed by atoms with E-state index in [1.165, 1.54) is 0 Å². The molecule has 0 aliphatic heterocycles. The van der Waals surface area contributed by atoms with Gasteiger partial charge in [-0.1, -0.05) is 30.3 Å². The Bertz CT molecular complexity index is 515. The Hall–Kier alpha value is -1.60. The van der Waals surface area contributed by atoms with Gasteiger partial charge in [0.05, 0.1) is 18.4 Å². The molecule has 0 aliphatic rings. The molecule has 1 aromatic carbocycles. The van der Waals surface area contributed by atoms with Crippen LogP contribution in [0.4, 0.5) is 4.79 Å². The van der Waals surface area contributed by atoms with Crippen molar-refractivity contribution in [2.45, 2.75) is 19.1 Å². The predicted octanol–water partition coefficient (Wildman–Crippen LogP) is 0.708. The third-order valence-electron chi connectivity index (χ3n) is 2.59. The molecule has 1 rings (SSSR count). The maximum Gasteiger partial charge on any atom is 0.407 e. The zero-order valence-electron chi connectivity index (χ0n) is 11.3. The molecule has 0 aromatic heterocycles. The number of hydrogen-bond donors (Lipinski definition) is 2. The lowest BCUT2D eigenvalue weighted by Gasteiger charge is -2.15. The van der Waals surface area contributed by atoms with Gasteiger partial charge < -0.3 is 15.2 Å². The molecule has 2 N–H and O–H groups in total. The number of alkyl carbamates (subject to hydrolysis) is 1. The van der Waals surface area contributed by atoms with Crippen molar-refractivity contribution in [2.24, 2.45) is 0 Å². The van der Waals surface area contributed by atoms with Crippen LogP contribution in [0.1, 0.15) is 12.0 Å². The molecule has 0 aliphatic carbocycles. The van der Waals surface area contributed by atoms with Gasteiger partial charge in [-0.2, -0.15) is 0 Å². The SMILES string of the molecule is CS(=O)(=O)CC[C@H](CO)NC(=O)OCc1ccccc1. The quantitative estimate of drug-likeness (QED) is 0.773. The van der Waals surface area contributed by atoms with E-state index in [9.17, 15) is 13.2 Å². The van der Waals surface area contributed by atoms with Gasteiger partial charge in [0.1, 0.15) is 16.4 Å². The second-order valence-electron chi connectivity index (χ2n) is 4.50. The van der Waals surface area contributed by atoms with Gasteiger partial charge in [0.2, 0.25) is 0 Å². The zero-order chi connectivity index (χ0) is 15.0. The number of carbonyl (C=O) groups is 1. The van der Waals surface area contributed by atoms with Gasteiger partial charge >= 0.3 is 6.09 Å². The van der Waals surface area contributed by atoms with Crippen molar-refractivity contribution in [2.75, 3.05) is 18.6 Å². The average Bonchev–Trinajstić information content (AvgIpc) is 2.41. The monoisotopic (exact) mass is 301 g/mol. The van der Waals surface area contributed by atoms with Crippen LogP contribution >= 0.6 is 0 Å². The number of sulfone groups is 1. The summed E-state index contributed by atoms with van der Waals surface area (Å²) in [4.78, 5) is 11.5. The molecule has 0 saturated heterocycles. The molecule has 0 bridgehead atoms. The van der Waals surface area contributed by atoms with Crippen molar-refractivity contribution in [3.05, 3.63) is 35.9 Å². The zero-order valence-corrected chi connectivity index (χ0v) is 12.1. The number of hydrogen-bond acceptors (Lipinski definition) is 5. The standard InChI is InChI=1S/C13H19NO5S/c1-20(17,18)8-7-12(9-15)14-13(16)19-10-11-5-3-2-4-6-11/h2-6,12,15H,7-10H2,1H3,(H,14,16)/t12-/m1/s1. The number of rotatable bonds is 7. The molecule has 0 spiro atoms. The molecule has 0 unspecified atom stereocenters. The van der Waals surface area contributed by atoms with Gasteiger partial charge in [-0.05, 0) is 12.0 Å². The maximum absolute atomic E-state index is 11.5. The first kappa shape index (κ1) is 16.5. The second kappa shape index (κ2) is 7.86. The highest BCUT2D eigenvalue weighted by Gasteiger charge is 2.14. The molecule has 1 amide bonds. The number of benzene rings is 1. The van der Waals surface area contributed by atoms with Crippen LogP contribution in [0, 0.1) is 0 Å². The van der Waals surface area contributed by atoms with Crippen molar-refractivity contribution < 1.29 is 23.1 Å². The van der Waals surface area contributed by atoms with Crippen molar-refractivity contribution >= 4 is 15.9 Å². The smallest absolute Gasteiger partial charge is 0.407 e. The molecule has 6 nitrogen and oxygen atoms in total. The van der Waals surface area contributed by atoms with E-state index in [1.807, 2.05) is 30.3 Å². The fourth-order valence-electron chi connectivity index (χ4n) is 1.50. The van der Waals surface area contributed by atoms with E-state index in [4.69, 9.17) is 9.84 Å². The summed E-state index contributed by atoms with van der Waals surface area (Å²) in [6.45, 7) is -0.215. The minimum Gasteiger partial charge on any atom is -0.445 e. The highest BCUT2D eigenvalue weighted by atomic mass is 32.2. The molecule has 112 valence electrons. The minimum atomic E-state index is -3.12. The molecule has 0 heterocycles. The largest absolute Gasteiger partial charge is 0.445 e. The van der Waals surface area contributed by atoms with Crippen LogP contribution in [0.5, 0.6) is 0 Å².